The maximum atomic E-state index is 12.8. The number of anilines is 1. The highest BCUT2D eigenvalue weighted by atomic mass is 35.5. The van der Waals surface area contributed by atoms with Crippen LogP contribution in [0, 0.1) is 0 Å². The van der Waals surface area contributed by atoms with Gasteiger partial charge < -0.3 is 20.3 Å². The van der Waals surface area contributed by atoms with Gasteiger partial charge in [-0.1, -0.05) is 29.8 Å². The fourth-order valence-electron chi connectivity index (χ4n) is 3.09. The lowest BCUT2D eigenvalue weighted by Gasteiger charge is -2.25. The number of nitrogens with one attached hydrogen (secondary N) is 2. The Morgan fingerprint density at radius 3 is 2.58 bits per heavy atom. The van der Waals surface area contributed by atoms with E-state index in [0.717, 1.165) is 11.3 Å². The molecule has 8 heteroatoms. The van der Waals surface area contributed by atoms with Gasteiger partial charge in [-0.15, -0.1) is 11.3 Å². The first kappa shape index (κ1) is 22.8. The van der Waals surface area contributed by atoms with E-state index in [0.29, 0.717) is 27.7 Å². The van der Waals surface area contributed by atoms with Crippen molar-refractivity contribution in [1.82, 2.24) is 10.2 Å². The second-order valence-electron chi connectivity index (χ2n) is 7.09. The number of carbonyl (C=O) groups excluding carboxylic acids is 2. The molecule has 31 heavy (non-hydrogen) atoms. The van der Waals surface area contributed by atoms with Gasteiger partial charge in [0.2, 0.25) is 0 Å². The summed E-state index contributed by atoms with van der Waals surface area (Å²) in [7, 11) is 5.54. The van der Waals surface area contributed by atoms with Gasteiger partial charge in [0, 0.05) is 12.1 Å². The second-order valence-corrected chi connectivity index (χ2v) is 8.45. The van der Waals surface area contributed by atoms with E-state index < -0.39 is 0 Å². The van der Waals surface area contributed by atoms with E-state index in [1.807, 2.05) is 48.6 Å². The molecule has 0 saturated heterocycles. The summed E-state index contributed by atoms with van der Waals surface area (Å²) in [5.41, 5.74) is 1.84. The number of rotatable bonds is 8. The van der Waals surface area contributed by atoms with Crippen LogP contribution in [0.1, 0.15) is 31.6 Å². The molecule has 6 nitrogen and oxygen atoms in total. The summed E-state index contributed by atoms with van der Waals surface area (Å²) in [6, 6.07) is 16.1. The van der Waals surface area contributed by atoms with E-state index in [-0.39, 0.29) is 17.9 Å². The molecule has 2 amide bonds. The Labute approximate surface area is 190 Å². The molecule has 0 bridgehead atoms. The monoisotopic (exact) mass is 457 g/mol. The second kappa shape index (κ2) is 10.4. The molecular formula is C23H24ClN3O3S. The maximum Gasteiger partial charge on any atom is 0.265 e. The van der Waals surface area contributed by atoms with Crippen LogP contribution in [-0.2, 0) is 0 Å². The standard InChI is InChI=1S/C23H24ClN3O3S/c1-27(2)20(15-6-4-7-17(12-15)30-3)14-25-22(28)16-9-10-18(24)19(13-16)26-23(29)21-8-5-11-31-21/h4-13,20H,14H2,1-3H3,(H,25,28)(H,26,29)/t20-/m0/s1. The smallest absolute Gasteiger partial charge is 0.265 e. The van der Waals surface area contributed by atoms with E-state index in [1.54, 1.807) is 37.4 Å². The van der Waals surface area contributed by atoms with Crippen LogP contribution in [0.25, 0.3) is 0 Å². The number of amides is 2. The van der Waals surface area contributed by atoms with Gasteiger partial charge in [0.05, 0.1) is 28.7 Å². The molecule has 2 aromatic carbocycles. The van der Waals surface area contributed by atoms with Crippen molar-refractivity contribution < 1.29 is 14.3 Å². The molecule has 162 valence electrons. The topological polar surface area (TPSA) is 70.7 Å². The lowest BCUT2D eigenvalue weighted by molar-refractivity contribution is 0.0940. The molecule has 0 aliphatic rings. The highest BCUT2D eigenvalue weighted by molar-refractivity contribution is 7.12. The Morgan fingerprint density at radius 1 is 1.10 bits per heavy atom. The van der Waals surface area contributed by atoms with Crippen LogP contribution in [-0.4, -0.2) is 44.5 Å². The molecular weight excluding hydrogens is 434 g/mol. The SMILES string of the molecule is COc1cccc([C@H](CNC(=O)c2ccc(Cl)c(NC(=O)c3cccs3)c2)N(C)C)c1. The summed E-state index contributed by atoms with van der Waals surface area (Å²) < 4.78 is 5.31. The predicted molar refractivity (Wildman–Crippen MR) is 125 cm³/mol. The first-order valence-electron chi connectivity index (χ1n) is 9.62. The van der Waals surface area contributed by atoms with Crippen LogP contribution in [0.4, 0.5) is 5.69 Å². The highest BCUT2D eigenvalue weighted by Crippen LogP contribution is 2.25. The lowest BCUT2D eigenvalue weighted by Crippen LogP contribution is -2.34. The van der Waals surface area contributed by atoms with Gasteiger partial charge in [0.25, 0.3) is 11.8 Å². The van der Waals surface area contributed by atoms with Gasteiger partial charge in [0.1, 0.15) is 5.75 Å². The molecule has 1 aromatic heterocycles. The van der Waals surface area contributed by atoms with Crippen LogP contribution in [0.15, 0.2) is 60.0 Å². The Hall–Kier alpha value is -2.87. The zero-order valence-corrected chi connectivity index (χ0v) is 19.1. The summed E-state index contributed by atoms with van der Waals surface area (Å²) >= 11 is 7.56. The molecule has 0 aliphatic carbocycles. The number of ether oxygens (including phenoxy) is 1. The number of hydrogen-bond acceptors (Lipinski definition) is 5. The number of hydrogen-bond donors (Lipinski definition) is 2. The van der Waals surface area contributed by atoms with Crippen molar-refractivity contribution >= 4 is 40.4 Å². The molecule has 0 radical (unpaired) electrons. The lowest BCUT2D eigenvalue weighted by atomic mass is 10.1. The molecule has 1 atom stereocenters. The Morgan fingerprint density at radius 2 is 1.90 bits per heavy atom. The Bertz CT molecular complexity index is 1050. The largest absolute Gasteiger partial charge is 0.497 e. The van der Waals surface area contributed by atoms with Crippen molar-refractivity contribution in [3.8, 4) is 5.75 Å². The van der Waals surface area contributed by atoms with Gasteiger partial charge in [-0.3, -0.25) is 9.59 Å². The molecule has 0 aliphatic heterocycles. The van der Waals surface area contributed by atoms with Crippen LogP contribution in [0.2, 0.25) is 5.02 Å². The zero-order chi connectivity index (χ0) is 22.4. The van der Waals surface area contributed by atoms with E-state index in [2.05, 4.69) is 10.6 Å². The fraction of sp³-hybridized carbons (Fsp3) is 0.217. The first-order valence-corrected chi connectivity index (χ1v) is 10.9. The molecule has 0 spiro atoms. The van der Waals surface area contributed by atoms with Crippen molar-refractivity contribution in [2.75, 3.05) is 33.1 Å². The maximum absolute atomic E-state index is 12.8. The van der Waals surface area contributed by atoms with Crippen LogP contribution in [0.3, 0.4) is 0 Å². The van der Waals surface area contributed by atoms with Crippen molar-refractivity contribution in [2.45, 2.75) is 6.04 Å². The average Bonchev–Trinajstić information content (AvgIpc) is 3.30. The van der Waals surface area contributed by atoms with Gasteiger partial charge in [0.15, 0.2) is 0 Å². The van der Waals surface area contributed by atoms with Crippen molar-refractivity contribution in [1.29, 1.82) is 0 Å². The van der Waals surface area contributed by atoms with E-state index in [4.69, 9.17) is 16.3 Å². The van der Waals surface area contributed by atoms with Crippen LogP contribution < -0.4 is 15.4 Å². The number of nitrogens with zero attached hydrogens (tertiary/aromatic N) is 1. The van der Waals surface area contributed by atoms with Crippen molar-refractivity contribution in [3.63, 3.8) is 0 Å². The molecule has 0 saturated carbocycles. The summed E-state index contributed by atoms with van der Waals surface area (Å²) in [6.07, 6.45) is 0. The van der Waals surface area contributed by atoms with Crippen molar-refractivity contribution in [2.24, 2.45) is 0 Å². The number of methoxy groups -OCH3 is 1. The minimum absolute atomic E-state index is 0.0376. The number of carbonyl (C=O) groups is 2. The molecule has 2 N–H and O–H groups in total. The van der Waals surface area contributed by atoms with Gasteiger partial charge in [-0.25, -0.2) is 0 Å². The summed E-state index contributed by atoms with van der Waals surface area (Å²) in [5, 5.41) is 7.92. The van der Waals surface area contributed by atoms with E-state index in [9.17, 15) is 9.59 Å². The summed E-state index contributed by atoms with van der Waals surface area (Å²) in [6.45, 7) is 0.401. The number of thiophene rings is 1. The quantitative estimate of drug-likeness (QED) is 0.514. The average molecular weight is 458 g/mol. The van der Waals surface area contributed by atoms with Crippen LogP contribution >= 0.6 is 22.9 Å². The normalized spacial score (nSPS) is 11.8. The predicted octanol–water partition coefficient (Wildman–Crippen LogP) is 4.70. The van der Waals surface area contributed by atoms with Crippen molar-refractivity contribution in [3.05, 3.63) is 81.0 Å². The van der Waals surface area contributed by atoms with Gasteiger partial charge >= 0.3 is 0 Å². The molecule has 3 rings (SSSR count). The molecule has 1 heterocycles. The minimum atomic E-state index is -0.264. The van der Waals surface area contributed by atoms with Gasteiger partial charge in [-0.2, -0.15) is 0 Å². The highest BCUT2D eigenvalue weighted by Gasteiger charge is 2.18. The fourth-order valence-corrected chi connectivity index (χ4v) is 3.88. The third-order valence-corrected chi connectivity index (χ3v) is 5.98. The summed E-state index contributed by atoms with van der Waals surface area (Å²) in [4.78, 5) is 27.7. The number of halogens is 1. The third-order valence-electron chi connectivity index (χ3n) is 4.78. The van der Waals surface area contributed by atoms with Gasteiger partial charge in [-0.05, 0) is 61.4 Å². The Kier molecular flexibility index (Phi) is 7.68. The third kappa shape index (κ3) is 5.85. The molecule has 0 fully saturated rings. The zero-order valence-electron chi connectivity index (χ0n) is 17.5. The van der Waals surface area contributed by atoms with Crippen LogP contribution in [0.5, 0.6) is 5.75 Å². The van der Waals surface area contributed by atoms with E-state index in [1.165, 1.54) is 11.3 Å². The van der Waals surface area contributed by atoms with E-state index >= 15 is 0 Å². The molecule has 3 aromatic rings. The minimum Gasteiger partial charge on any atom is -0.497 e. The first-order chi connectivity index (χ1) is 14.9. The Balaban J connectivity index is 1.71. The summed E-state index contributed by atoms with van der Waals surface area (Å²) in [5.74, 6) is 0.248. The number of likely N-dealkylation sites (N-methyl/N-ethyl adjacent to an activating group) is 1. The molecule has 0 unspecified atom stereocenters. The number of benzene rings is 2.